The number of aryl methyl sites for hydroxylation is 1. The molecule has 0 bridgehead atoms. The fraction of sp³-hybridized carbons (Fsp3) is 0.357. The molecular weight excluding hydrogens is 283 g/mol. The van der Waals surface area contributed by atoms with Gasteiger partial charge < -0.3 is 10.5 Å². The number of benzene rings is 1. The maximum absolute atomic E-state index is 12.5. The molecular formula is C14H16F3N3O. The van der Waals surface area contributed by atoms with Gasteiger partial charge in [0.05, 0.1) is 17.3 Å². The van der Waals surface area contributed by atoms with E-state index < -0.39 is 11.7 Å². The third-order valence-electron chi connectivity index (χ3n) is 2.97. The molecule has 114 valence electrons. The lowest BCUT2D eigenvalue weighted by atomic mass is 10.2. The molecule has 0 radical (unpaired) electrons. The van der Waals surface area contributed by atoms with Crippen molar-refractivity contribution in [1.29, 1.82) is 0 Å². The molecule has 0 amide bonds. The van der Waals surface area contributed by atoms with Gasteiger partial charge in [-0.1, -0.05) is 0 Å². The SMILES string of the molecule is Cc1nn(C(C)C)c(Oc2ccc(C(F)(F)F)cc2)c1N. The summed E-state index contributed by atoms with van der Waals surface area (Å²) in [4.78, 5) is 0. The number of alkyl halides is 3. The van der Waals surface area contributed by atoms with Crippen LogP contribution in [0.1, 0.15) is 31.1 Å². The Morgan fingerprint density at radius 1 is 1.19 bits per heavy atom. The van der Waals surface area contributed by atoms with Gasteiger partial charge in [0.15, 0.2) is 0 Å². The van der Waals surface area contributed by atoms with E-state index in [1.807, 2.05) is 13.8 Å². The predicted octanol–water partition coefficient (Wildman–Crippen LogP) is 4.17. The fourth-order valence-corrected chi connectivity index (χ4v) is 1.81. The molecule has 7 heteroatoms. The summed E-state index contributed by atoms with van der Waals surface area (Å²) < 4.78 is 44.7. The van der Waals surface area contributed by atoms with Gasteiger partial charge in [-0.05, 0) is 45.0 Å². The van der Waals surface area contributed by atoms with Crippen LogP contribution in [0.15, 0.2) is 24.3 Å². The summed E-state index contributed by atoms with van der Waals surface area (Å²) in [5, 5.41) is 4.25. The smallest absolute Gasteiger partial charge is 0.416 e. The average Bonchev–Trinajstić information content (AvgIpc) is 2.67. The van der Waals surface area contributed by atoms with Gasteiger partial charge in [0, 0.05) is 0 Å². The highest BCUT2D eigenvalue weighted by Crippen LogP contribution is 2.34. The second-order valence-corrected chi connectivity index (χ2v) is 4.97. The minimum absolute atomic E-state index is 0.0189. The molecule has 1 heterocycles. The number of nitrogen functional groups attached to an aromatic ring is 1. The van der Waals surface area contributed by atoms with Crippen LogP contribution in [-0.2, 0) is 6.18 Å². The van der Waals surface area contributed by atoms with Crippen LogP contribution in [0.2, 0.25) is 0 Å². The Kier molecular flexibility index (Phi) is 3.85. The average molecular weight is 299 g/mol. The van der Waals surface area contributed by atoms with Gasteiger partial charge in [-0.2, -0.15) is 18.3 Å². The number of aromatic nitrogens is 2. The first-order valence-electron chi connectivity index (χ1n) is 6.40. The van der Waals surface area contributed by atoms with Crippen LogP contribution >= 0.6 is 0 Å². The van der Waals surface area contributed by atoms with Crippen LogP contribution < -0.4 is 10.5 Å². The van der Waals surface area contributed by atoms with E-state index in [9.17, 15) is 13.2 Å². The molecule has 21 heavy (non-hydrogen) atoms. The van der Waals surface area contributed by atoms with Crippen molar-refractivity contribution in [3.05, 3.63) is 35.5 Å². The number of hydrogen-bond acceptors (Lipinski definition) is 3. The normalized spacial score (nSPS) is 12.0. The van der Waals surface area contributed by atoms with Crippen molar-refractivity contribution in [2.75, 3.05) is 5.73 Å². The third kappa shape index (κ3) is 3.12. The molecule has 0 aliphatic heterocycles. The first-order valence-corrected chi connectivity index (χ1v) is 6.40. The highest BCUT2D eigenvalue weighted by molar-refractivity contribution is 5.54. The summed E-state index contributed by atoms with van der Waals surface area (Å²) in [6.07, 6.45) is -4.37. The number of ether oxygens (including phenoxy) is 1. The zero-order chi connectivity index (χ0) is 15.8. The van der Waals surface area contributed by atoms with E-state index in [0.717, 1.165) is 12.1 Å². The van der Waals surface area contributed by atoms with Crippen LogP contribution in [0.4, 0.5) is 18.9 Å². The quantitative estimate of drug-likeness (QED) is 0.925. The maximum Gasteiger partial charge on any atom is 0.416 e. The number of nitrogens with two attached hydrogens (primary N) is 1. The van der Waals surface area contributed by atoms with Gasteiger partial charge in [0.25, 0.3) is 0 Å². The van der Waals surface area contributed by atoms with Crippen molar-refractivity contribution >= 4 is 5.69 Å². The summed E-state index contributed by atoms with van der Waals surface area (Å²) in [7, 11) is 0. The van der Waals surface area contributed by atoms with Gasteiger partial charge in [-0.25, -0.2) is 4.68 Å². The van der Waals surface area contributed by atoms with Gasteiger partial charge in [0.2, 0.25) is 5.88 Å². The molecule has 2 rings (SSSR count). The summed E-state index contributed by atoms with van der Waals surface area (Å²) >= 11 is 0. The van der Waals surface area contributed by atoms with E-state index in [1.54, 1.807) is 11.6 Å². The number of anilines is 1. The highest BCUT2D eigenvalue weighted by Gasteiger charge is 2.30. The number of halogens is 3. The monoisotopic (exact) mass is 299 g/mol. The molecule has 0 fully saturated rings. The van der Waals surface area contributed by atoms with Gasteiger partial charge in [-0.3, -0.25) is 0 Å². The van der Waals surface area contributed by atoms with E-state index in [2.05, 4.69) is 5.10 Å². The molecule has 0 atom stereocenters. The Morgan fingerprint density at radius 3 is 2.24 bits per heavy atom. The minimum Gasteiger partial charge on any atom is -0.437 e. The van der Waals surface area contributed by atoms with Crippen LogP contribution in [0, 0.1) is 6.92 Å². The van der Waals surface area contributed by atoms with E-state index in [1.165, 1.54) is 12.1 Å². The molecule has 1 aromatic carbocycles. The number of nitrogens with zero attached hydrogens (tertiary/aromatic N) is 2. The van der Waals surface area contributed by atoms with Gasteiger partial charge in [0.1, 0.15) is 11.4 Å². The van der Waals surface area contributed by atoms with E-state index in [-0.39, 0.29) is 11.8 Å². The summed E-state index contributed by atoms with van der Waals surface area (Å²) in [6.45, 7) is 5.56. The van der Waals surface area contributed by atoms with Crippen molar-refractivity contribution in [3.8, 4) is 11.6 Å². The standard InChI is InChI=1S/C14H16F3N3O/c1-8(2)20-13(12(18)9(3)19-20)21-11-6-4-10(5-7-11)14(15,16)17/h4-8H,18H2,1-3H3. The largest absolute Gasteiger partial charge is 0.437 e. The molecule has 0 saturated carbocycles. The van der Waals surface area contributed by atoms with Crippen LogP contribution in [0.25, 0.3) is 0 Å². The Hall–Kier alpha value is -2.18. The summed E-state index contributed by atoms with van der Waals surface area (Å²) in [5.74, 6) is 0.610. The van der Waals surface area contributed by atoms with E-state index in [0.29, 0.717) is 17.3 Å². The Morgan fingerprint density at radius 2 is 1.76 bits per heavy atom. The van der Waals surface area contributed by atoms with Crippen molar-refractivity contribution in [2.24, 2.45) is 0 Å². The maximum atomic E-state index is 12.5. The lowest BCUT2D eigenvalue weighted by Crippen LogP contribution is -2.06. The first kappa shape index (κ1) is 15.2. The molecule has 2 N–H and O–H groups in total. The van der Waals surface area contributed by atoms with Crippen LogP contribution in [0.5, 0.6) is 11.6 Å². The molecule has 1 aromatic heterocycles. The Bertz CT molecular complexity index is 630. The molecule has 0 spiro atoms. The van der Waals surface area contributed by atoms with E-state index >= 15 is 0 Å². The third-order valence-corrected chi connectivity index (χ3v) is 2.97. The van der Waals surface area contributed by atoms with Gasteiger partial charge >= 0.3 is 6.18 Å². The second-order valence-electron chi connectivity index (χ2n) is 4.97. The van der Waals surface area contributed by atoms with Crippen LogP contribution in [-0.4, -0.2) is 9.78 Å². The first-order chi connectivity index (χ1) is 9.70. The molecule has 0 aliphatic rings. The molecule has 0 saturated heterocycles. The Balaban J connectivity index is 2.30. The number of hydrogen-bond donors (Lipinski definition) is 1. The zero-order valence-electron chi connectivity index (χ0n) is 11.9. The van der Waals surface area contributed by atoms with Gasteiger partial charge in [-0.15, -0.1) is 0 Å². The van der Waals surface area contributed by atoms with Crippen molar-refractivity contribution in [1.82, 2.24) is 9.78 Å². The summed E-state index contributed by atoms with van der Waals surface area (Å²) in [6, 6.07) is 4.47. The number of rotatable bonds is 3. The highest BCUT2D eigenvalue weighted by atomic mass is 19.4. The molecule has 0 aliphatic carbocycles. The lowest BCUT2D eigenvalue weighted by Gasteiger charge is -2.13. The predicted molar refractivity (Wildman–Crippen MR) is 73.3 cm³/mol. The zero-order valence-corrected chi connectivity index (χ0v) is 11.9. The topological polar surface area (TPSA) is 53.1 Å². The van der Waals surface area contributed by atoms with Crippen molar-refractivity contribution in [3.63, 3.8) is 0 Å². The fourth-order valence-electron chi connectivity index (χ4n) is 1.81. The molecule has 2 aromatic rings. The van der Waals surface area contributed by atoms with Crippen LogP contribution in [0.3, 0.4) is 0 Å². The minimum atomic E-state index is -4.37. The second kappa shape index (κ2) is 5.31. The van der Waals surface area contributed by atoms with E-state index in [4.69, 9.17) is 10.5 Å². The summed E-state index contributed by atoms with van der Waals surface area (Å²) in [5.41, 5.74) is 6.17. The molecule has 4 nitrogen and oxygen atoms in total. The molecule has 0 unspecified atom stereocenters. The van der Waals surface area contributed by atoms with Crippen molar-refractivity contribution < 1.29 is 17.9 Å². The van der Waals surface area contributed by atoms with Crippen molar-refractivity contribution in [2.45, 2.75) is 33.0 Å². The lowest BCUT2D eigenvalue weighted by molar-refractivity contribution is -0.137. The Labute approximate surface area is 120 Å².